The molecule has 0 saturated carbocycles. The fraction of sp³-hybridized carbons (Fsp3) is 0.389. The molecule has 1 fully saturated rings. The lowest BCUT2D eigenvalue weighted by Crippen LogP contribution is -2.39. The molecular formula is C18H23N5O2. The Kier molecular flexibility index (Phi) is 4.48. The quantitative estimate of drug-likeness (QED) is 0.885. The number of aryl methyl sites for hydroxylation is 2. The molecule has 1 aromatic carbocycles. The van der Waals surface area contributed by atoms with Gasteiger partial charge in [0.25, 0.3) is 11.8 Å². The number of carbonyl (C=O) groups excluding carboxylic acids is 2. The van der Waals surface area contributed by atoms with Crippen molar-refractivity contribution in [1.82, 2.24) is 14.5 Å². The highest BCUT2D eigenvalue weighted by Crippen LogP contribution is 2.28. The molecule has 1 aromatic heterocycles. The molecule has 7 heteroatoms. The van der Waals surface area contributed by atoms with Gasteiger partial charge in [-0.2, -0.15) is 0 Å². The minimum absolute atomic E-state index is 0.0745. The summed E-state index contributed by atoms with van der Waals surface area (Å²) in [4.78, 5) is 30.0. The van der Waals surface area contributed by atoms with Crippen LogP contribution in [0.1, 0.15) is 50.9 Å². The maximum atomic E-state index is 12.9. The number of rotatable bonds is 3. The van der Waals surface area contributed by atoms with Gasteiger partial charge in [0.15, 0.2) is 5.69 Å². The number of hydrogen-bond donors (Lipinski definition) is 2. The highest BCUT2D eigenvalue weighted by atomic mass is 16.2. The molecule has 2 aromatic rings. The number of imidazole rings is 1. The van der Waals surface area contributed by atoms with Crippen LogP contribution < -0.4 is 11.5 Å². The van der Waals surface area contributed by atoms with Crippen molar-refractivity contribution in [1.29, 1.82) is 0 Å². The first-order valence-corrected chi connectivity index (χ1v) is 8.37. The number of primary amides is 1. The fourth-order valence-corrected chi connectivity index (χ4v) is 3.51. The number of piperidine rings is 1. The SMILES string of the molecule is Cc1cccc(C)c1C(=O)N1CCC(n2cnc(C(N)=O)c2N)CC1. The topological polar surface area (TPSA) is 107 Å². The molecule has 2 heterocycles. The molecule has 25 heavy (non-hydrogen) atoms. The van der Waals surface area contributed by atoms with E-state index in [2.05, 4.69) is 4.98 Å². The van der Waals surface area contributed by atoms with Crippen LogP contribution in [-0.4, -0.2) is 39.4 Å². The Balaban J connectivity index is 1.72. The van der Waals surface area contributed by atoms with Crippen LogP contribution in [0.3, 0.4) is 0 Å². The van der Waals surface area contributed by atoms with Gasteiger partial charge < -0.3 is 20.9 Å². The van der Waals surface area contributed by atoms with Gasteiger partial charge in [-0.1, -0.05) is 18.2 Å². The molecule has 0 atom stereocenters. The average Bonchev–Trinajstić information content (AvgIpc) is 2.96. The lowest BCUT2D eigenvalue weighted by molar-refractivity contribution is 0.0694. The van der Waals surface area contributed by atoms with E-state index in [1.54, 1.807) is 10.9 Å². The van der Waals surface area contributed by atoms with Gasteiger partial charge in [-0.05, 0) is 37.8 Å². The number of hydrogen-bond acceptors (Lipinski definition) is 4. The fourth-order valence-electron chi connectivity index (χ4n) is 3.51. The molecule has 0 radical (unpaired) electrons. The minimum atomic E-state index is -0.626. The number of benzene rings is 1. The predicted octanol–water partition coefficient (Wildman–Crippen LogP) is 1.66. The largest absolute Gasteiger partial charge is 0.383 e. The Labute approximate surface area is 146 Å². The van der Waals surface area contributed by atoms with E-state index in [1.165, 1.54) is 0 Å². The van der Waals surface area contributed by atoms with Gasteiger partial charge in [0.1, 0.15) is 5.82 Å². The predicted molar refractivity (Wildman–Crippen MR) is 95.2 cm³/mol. The maximum absolute atomic E-state index is 12.9. The van der Waals surface area contributed by atoms with Crippen molar-refractivity contribution in [2.75, 3.05) is 18.8 Å². The van der Waals surface area contributed by atoms with Crippen molar-refractivity contribution in [3.8, 4) is 0 Å². The van der Waals surface area contributed by atoms with Crippen molar-refractivity contribution in [2.45, 2.75) is 32.7 Å². The number of carbonyl (C=O) groups is 2. The van der Waals surface area contributed by atoms with Crippen molar-refractivity contribution in [2.24, 2.45) is 5.73 Å². The van der Waals surface area contributed by atoms with Crippen LogP contribution in [-0.2, 0) is 0 Å². The summed E-state index contributed by atoms with van der Waals surface area (Å²) in [7, 11) is 0. The molecule has 7 nitrogen and oxygen atoms in total. The van der Waals surface area contributed by atoms with Gasteiger partial charge in [0.2, 0.25) is 0 Å². The Bertz CT molecular complexity index is 799. The summed E-state index contributed by atoms with van der Waals surface area (Å²) >= 11 is 0. The number of likely N-dealkylation sites (tertiary alicyclic amines) is 1. The van der Waals surface area contributed by atoms with Crippen LogP contribution in [0.5, 0.6) is 0 Å². The van der Waals surface area contributed by atoms with Crippen molar-refractivity contribution < 1.29 is 9.59 Å². The number of nitrogen functional groups attached to an aromatic ring is 1. The zero-order chi connectivity index (χ0) is 18.1. The molecule has 0 aliphatic carbocycles. The lowest BCUT2D eigenvalue weighted by Gasteiger charge is -2.33. The number of aromatic nitrogens is 2. The zero-order valence-corrected chi connectivity index (χ0v) is 14.5. The van der Waals surface area contributed by atoms with E-state index in [0.717, 1.165) is 29.5 Å². The normalized spacial score (nSPS) is 15.4. The average molecular weight is 341 g/mol. The first-order chi connectivity index (χ1) is 11.9. The van der Waals surface area contributed by atoms with Crippen LogP contribution in [0.15, 0.2) is 24.5 Å². The number of amides is 2. The van der Waals surface area contributed by atoms with Crippen LogP contribution in [0, 0.1) is 13.8 Å². The van der Waals surface area contributed by atoms with Gasteiger partial charge in [0.05, 0.1) is 6.33 Å². The summed E-state index contributed by atoms with van der Waals surface area (Å²) in [5, 5.41) is 0. The Morgan fingerprint density at radius 1 is 1.16 bits per heavy atom. The monoisotopic (exact) mass is 341 g/mol. The van der Waals surface area contributed by atoms with Gasteiger partial charge in [-0.15, -0.1) is 0 Å². The second kappa shape index (κ2) is 6.58. The van der Waals surface area contributed by atoms with Crippen molar-refractivity contribution >= 4 is 17.6 Å². The second-order valence-corrected chi connectivity index (χ2v) is 6.54. The summed E-state index contributed by atoms with van der Waals surface area (Å²) in [6.45, 7) is 5.21. The third-order valence-corrected chi connectivity index (χ3v) is 4.91. The smallest absolute Gasteiger partial charge is 0.271 e. The molecule has 1 saturated heterocycles. The van der Waals surface area contributed by atoms with Gasteiger partial charge in [-0.25, -0.2) is 4.98 Å². The van der Waals surface area contributed by atoms with Gasteiger partial charge in [0, 0.05) is 24.7 Å². The maximum Gasteiger partial charge on any atom is 0.271 e. The number of nitrogens with two attached hydrogens (primary N) is 2. The van der Waals surface area contributed by atoms with Crippen molar-refractivity contribution in [3.05, 3.63) is 46.9 Å². The molecule has 0 unspecified atom stereocenters. The molecule has 3 rings (SSSR count). The lowest BCUT2D eigenvalue weighted by atomic mass is 9.99. The molecule has 1 aliphatic heterocycles. The highest BCUT2D eigenvalue weighted by Gasteiger charge is 2.27. The number of anilines is 1. The molecule has 132 valence electrons. The highest BCUT2D eigenvalue weighted by molar-refractivity contribution is 5.97. The third kappa shape index (κ3) is 3.09. The molecule has 0 spiro atoms. The summed E-state index contributed by atoms with van der Waals surface area (Å²) < 4.78 is 1.79. The molecule has 4 N–H and O–H groups in total. The molecular weight excluding hydrogens is 318 g/mol. The van der Waals surface area contributed by atoms with E-state index < -0.39 is 5.91 Å². The standard InChI is InChI=1S/C18H23N5O2/c1-11-4-3-5-12(2)14(11)18(25)22-8-6-13(7-9-22)23-10-21-15(16(23)19)17(20)24/h3-5,10,13H,6-9,19H2,1-2H3,(H2,20,24). The molecule has 0 bridgehead atoms. The van der Waals surface area contributed by atoms with Gasteiger partial charge >= 0.3 is 0 Å². The zero-order valence-electron chi connectivity index (χ0n) is 14.5. The van der Waals surface area contributed by atoms with Crippen LogP contribution in [0.25, 0.3) is 0 Å². The Morgan fingerprint density at radius 3 is 2.28 bits per heavy atom. The second-order valence-electron chi connectivity index (χ2n) is 6.54. The summed E-state index contributed by atoms with van der Waals surface area (Å²) in [5.41, 5.74) is 14.1. The summed E-state index contributed by atoms with van der Waals surface area (Å²) in [6, 6.07) is 6.00. The summed E-state index contributed by atoms with van der Waals surface area (Å²) in [6.07, 6.45) is 3.08. The molecule has 1 aliphatic rings. The Morgan fingerprint density at radius 2 is 1.76 bits per heavy atom. The molecule has 2 amide bonds. The van der Waals surface area contributed by atoms with Crippen LogP contribution >= 0.6 is 0 Å². The minimum Gasteiger partial charge on any atom is -0.383 e. The van der Waals surface area contributed by atoms with E-state index in [-0.39, 0.29) is 17.6 Å². The van der Waals surface area contributed by atoms with E-state index in [0.29, 0.717) is 18.9 Å². The van der Waals surface area contributed by atoms with Crippen molar-refractivity contribution in [3.63, 3.8) is 0 Å². The number of nitrogens with zero attached hydrogens (tertiary/aromatic N) is 3. The Hall–Kier alpha value is -2.83. The van der Waals surface area contributed by atoms with E-state index in [1.807, 2.05) is 36.9 Å². The van der Waals surface area contributed by atoms with E-state index in [9.17, 15) is 9.59 Å². The first-order valence-electron chi connectivity index (χ1n) is 8.37. The summed E-state index contributed by atoms with van der Waals surface area (Å²) in [5.74, 6) is -0.253. The van der Waals surface area contributed by atoms with Crippen LogP contribution in [0.2, 0.25) is 0 Å². The third-order valence-electron chi connectivity index (χ3n) is 4.91. The van der Waals surface area contributed by atoms with Gasteiger partial charge in [-0.3, -0.25) is 9.59 Å². The van der Waals surface area contributed by atoms with Crippen LogP contribution in [0.4, 0.5) is 5.82 Å². The van der Waals surface area contributed by atoms with E-state index in [4.69, 9.17) is 11.5 Å². The first kappa shape index (κ1) is 17.0. The van der Waals surface area contributed by atoms with E-state index >= 15 is 0 Å².